The van der Waals surface area contributed by atoms with E-state index in [1.807, 2.05) is 0 Å². The number of rotatable bonds is 5. The molecule has 11 heteroatoms. The van der Waals surface area contributed by atoms with Gasteiger partial charge in [0.05, 0.1) is 16.8 Å². The number of nitrogens with zero attached hydrogens (tertiary/aromatic N) is 4. The molecule has 0 bridgehead atoms. The van der Waals surface area contributed by atoms with Crippen molar-refractivity contribution >= 4 is 27.5 Å². The fourth-order valence-electron chi connectivity index (χ4n) is 2.94. The predicted octanol–water partition coefficient (Wildman–Crippen LogP) is 0.924. The van der Waals surface area contributed by atoms with E-state index in [9.17, 15) is 17.6 Å². The number of aromatic nitrogens is 3. The van der Waals surface area contributed by atoms with Gasteiger partial charge in [-0.25, -0.2) is 17.5 Å². The maximum absolute atomic E-state index is 13.4. The summed E-state index contributed by atoms with van der Waals surface area (Å²) in [5, 5.41) is 7.73. The summed E-state index contributed by atoms with van der Waals surface area (Å²) in [6.07, 6.45) is 0.443. The summed E-state index contributed by atoms with van der Waals surface area (Å²) in [6, 6.07) is 5.50. The van der Waals surface area contributed by atoms with Gasteiger partial charge in [-0.2, -0.15) is 0 Å². The van der Waals surface area contributed by atoms with Crippen LogP contribution in [0.5, 0.6) is 0 Å². The van der Waals surface area contributed by atoms with Crippen molar-refractivity contribution in [3.05, 3.63) is 30.1 Å². The first-order valence-corrected chi connectivity index (χ1v) is 11.0. The summed E-state index contributed by atoms with van der Waals surface area (Å²) in [7, 11) is -1.47. The smallest absolute Gasteiger partial charge is 0.235 e. The maximum Gasteiger partial charge on any atom is 0.235 e. The van der Waals surface area contributed by atoms with Gasteiger partial charge >= 0.3 is 0 Å². The van der Waals surface area contributed by atoms with E-state index in [2.05, 4.69) is 10.2 Å². The van der Waals surface area contributed by atoms with Crippen LogP contribution in [0, 0.1) is 5.82 Å². The highest BCUT2D eigenvalue weighted by atomic mass is 32.2. The summed E-state index contributed by atoms with van der Waals surface area (Å²) < 4.78 is 37.9. The number of hydrogen-bond donors (Lipinski definition) is 1. The van der Waals surface area contributed by atoms with Gasteiger partial charge in [-0.15, -0.1) is 10.2 Å². The Morgan fingerprint density at radius 2 is 2.19 bits per heavy atom. The standard InChI is InChI=1S/C16H20FN5O3S2/c1-10(15(23)21(2)13-6-7-27(24,25)9-13)26-16-20-19-14(22(16)18)11-4-3-5-12(17)8-11/h3-5,8,10,13H,6-7,9,18H2,1-2H3/t10-,13+/m0/s1. The van der Waals surface area contributed by atoms with Gasteiger partial charge in [-0.05, 0) is 25.5 Å². The molecule has 3 rings (SSSR count). The van der Waals surface area contributed by atoms with Crippen LogP contribution in [0.25, 0.3) is 11.4 Å². The molecule has 2 N–H and O–H groups in total. The Morgan fingerprint density at radius 1 is 1.44 bits per heavy atom. The third-order valence-corrected chi connectivity index (χ3v) is 7.28. The average Bonchev–Trinajstić information content (AvgIpc) is 3.16. The number of nitrogen functional groups attached to an aromatic ring is 1. The van der Waals surface area contributed by atoms with Gasteiger partial charge < -0.3 is 10.7 Å². The first-order valence-electron chi connectivity index (χ1n) is 8.28. The second-order valence-corrected chi connectivity index (χ2v) is 9.99. The van der Waals surface area contributed by atoms with Gasteiger partial charge in [-0.1, -0.05) is 23.9 Å². The fraction of sp³-hybridized carbons (Fsp3) is 0.438. The second-order valence-electron chi connectivity index (χ2n) is 6.45. The van der Waals surface area contributed by atoms with Crippen LogP contribution >= 0.6 is 11.8 Å². The molecule has 2 heterocycles. The molecule has 1 aliphatic heterocycles. The number of nitrogens with two attached hydrogens (primary N) is 1. The first kappa shape index (κ1) is 19.6. The highest BCUT2D eigenvalue weighted by Gasteiger charge is 2.34. The van der Waals surface area contributed by atoms with Gasteiger partial charge in [0.25, 0.3) is 0 Å². The number of halogens is 1. The summed E-state index contributed by atoms with van der Waals surface area (Å²) in [5.41, 5.74) is 0.476. The molecule has 0 aliphatic carbocycles. The lowest BCUT2D eigenvalue weighted by Crippen LogP contribution is -2.41. The van der Waals surface area contributed by atoms with Crippen molar-refractivity contribution in [2.75, 3.05) is 24.4 Å². The van der Waals surface area contributed by atoms with Crippen LogP contribution in [0.4, 0.5) is 4.39 Å². The minimum absolute atomic E-state index is 0.0105. The predicted molar refractivity (Wildman–Crippen MR) is 101 cm³/mol. The van der Waals surface area contributed by atoms with E-state index in [0.717, 1.165) is 11.8 Å². The SMILES string of the molecule is C[C@H](Sc1nnc(-c2cccc(F)c2)n1N)C(=O)N(C)[C@@H]1CCS(=O)(=O)C1. The molecule has 2 atom stereocenters. The molecule has 0 unspecified atom stereocenters. The van der Waals surface area contributed by atoms with Crippen LogP contribution in [-0.4, -0.2) is 63.9 Å². The summed E-state index contributed by atoms with van der Waals surface area (Å²) in [4.78, 5) is 14.1. The molecular weight excluding hydrogens is 393 g/mol. The first-order chi connectivity index (χ1) is 12.7. The van der Waals surface area contributed by atoms with Gasteiger partial charge in [0.1, 0.15) is 5.82 Å². The number of benzene rings is 1. The summed E-state index contributed by atoms with van der Waals surface area (Å²) >= 11 is 1.11. The third kappa shape index (κ3) is 4.24. The Labute approximate surface area is 160 Å². The molecule has 0 radical (unpaired) electrons. The van der Waals surface area contributed by atoms with Crippen molar-refractivity contribution in [2.24, 2.45) is 0 Å². The van der Waals surface area contributed by atoms with Crippen molar-refractivity contribution in [2.45, 2.75) is 29.8 Å². The number of amides is 1. The largest absolute Gasteiger partial charge is 0.341 e. The lowest BCUT2D eigenvalue weighted by Gasteiger charge is -2.26. The van der Waals surface area contributed by atoms with Crippen LogP contribution in [0.2, 0.25) is 0 Å². The Morgan fingerprint density at radius 3 is 2.81 bits per heavy atom. The molecule has 1 aliphatic rings. The number of carbonyl (C=O) groups is 1. The van der Waals surface area contributed by atoms with Gasteiger partial charge in [0.15, 0.2) is 15.7 Å². The number of carbonyl (C=O) groups excluding carboxylic acids is 1. The quantitative estimate of drug-likeness (QED) is 0.573. The van der Waals surface area contributed by atoms with E-state index in [1.165, 1.54) is 21.7 Å². The summed E-state index contributed by atoms with van der Waals surface area (Å²) in [5.74, 6) is 5.76. The van der Waals surface area contributed by atoms with Gasteiger partial charge in [0.2, 0.25) is 11.1 Å². The Kier molecular flexibility index (Phi) is 5.43. The van der Waals surface area contributed by atoms with E-state index in [0.29, 0.717) is 17.1 Å². The van der Waals surface area contributed by atoms with E-state index in [1.54, 1.807) is 26.1 Å². The van der Waals surface area contributed by atoms with Crippen LogP contribution < -0.4 is 5.84 Å². The molecule has 1 aromatic carbocycles. The fourth-order valence-corrected chi connectivity index (χ4v) is 5.58. The molecule has 0 spiro atoms. The molecule has 8 nitrogen and oxygen atoms in total. The Balaban J connectivity index is 1.71. The van der Waals surface area contributed by atoms with Crippen molar-refractivity contribution in [1.82, 2.24) is 19.8 Å². The topological polar surface area (TPSA) is 111 Å². The van der Waals surface area contributed by atoms with Crippen LogP contribution in [0.15, 0.2) is 29.4 Å². The molecule has 1 saturated heterocycles. The molecular formula is C16H20FN5O3S2. The Bertz CT molecular complexity index is 963. The molecule has 146 valence electrons. The number of hydrogen-bond acceptors (Lipinski definition) is 7. The highest BCUT2D eigenvalue weighted by molar-refractivity contribution is 8.00. The molecule has 1 fully saturated rings. The zero-order valence-electron chi connectivity index (χ0n) is 14.9. The van der Waals surface area contributed by atoms with Gasteiger partial charge in [0, 0.05) is 18.7 Å². The average molecular weight is 414 g/mol. The summed E-state index contributed by atoms with van der Waals surface area (Å²) in [6.45, 7) is 1.70. The van der Waals surface area contributed by atoms with Crippen LogP contribution in [0.1, 0.15) is 13.3 Å². The third-order valence-electron chi connectivity index (χ3n) is 4.48. The number of thioether (sulfide) groups is 1. The second kappa shape index (κ2) is 7.47. The van der Waals surface area contributed by atoms with E-state index >= 15 is 0 Å². The lowest BCUT2D eigenvalue weighted by atomic mass is 10.2. The minimum atomic E-state index is -3.07. The Hall–Kier alpha value is -2.14. The van der Waals surface area contributed by atoms with Gasteiger partial charge in [-0.3, -0.25) is 4.79 Å². The zero-order chi connectivity index (χ0) is 19.8. The van der Waals surface area contributed by atoms with Crippen molar-refractivity contribution in [3.63, 3.8) is 0 Å². The van der Waals surface area contributed by atoms with Crippen LogP contribution in [0.3, 0.4) is 0 Å². The highest BCUT2D eigenvalue weighted by Crippen LogP contribution is 2.27. The zero-order valence-corrected chi connectivity index (χ0v) is 16.5. The lowest BCUT2D eigenvalue weighted by molar-refractivity contribution is -0.130. The van der Waals surface area contributed by atoms with E-state index in [4.69, 9.17) is 5.84 Å². The number of sulfone groups is 1. The normalized spacial score (nSPS) is 19.7. The van der Waals surface area contributed by atoms with Crippen molar-refractivity contribution in [3.8, 4) is 11.4 Å². The molecule has 27 heavy (non-hydrogen) atoms. The van der Waals surface area contributed by atoms with E-state index in [-0.39, 0.29) is 29.3 Å². The monoisotopic (exact) mass is 413 g/mol. The maximum atomic E-state index is 13.4. The molecule has 1 amide bonds. The van der Waals surface area contributed by atoms with E-state index < -0.39 is 20.9 Å². The molecule has 2 aromatic rings. The van der Waals surface area contributed by atoms with Crippen molar-refractivity contribution in [1.29, 1.82) is 0 Å². The molecule has 0 saturated carbocycles. The van der Waals surface area contributed by atoms with Crippen LogP contribution in [-0.2, 0) is 14.6 Å². The molecule has 1 aromatic heterocycles. The van der Waals surface area contributed by atoms with Crippen molar-refractivity contribution < 1.29 is 17.6 Å². The minimum Gasteiger partial charge on any atom is -0.341 e.